The highest BCUT2D eigenvalue weighted by Crippen LogP contribution is 2.30. The second-order valence-corrected chi connectivity index (χ2v) is 5.57. The van der Waals surface area contributed by atoms with Gasteiger partial charge in [0.05, 0.1) is 13.2 Å². The number of hydrogen-bond donors (Lipinski definition) is 2. The molecule has 2 rings (SSSR count). The number of nitrogens with one attached hydrogen (secondary N) is 1. The molecule has 0 aromatic carbocycles. The largest absolute Gasteiger partial charge is 0.378 e. The smallest absolute Gasteiger partial charge is 0.224 e. The van der Waals surface area contributed by atoms with Gasteiger partial charge in [0.25, 0.3) is 0 Å². The maximum Gasteiger partial charge on any atom is 0.224 e. The van der Waals surface area contributed by atoms with Gasteiger partial charge in [-0.3, -0.25) is 9.59 Å². The number of ether oxygens (including phenoxy) is 1. The lowest BCUT2D eigenvalue weighted by molar-refractivity contribution is -0.135. The molecule has 0 unspecified atom stereocenters. The maximum atomic E-state index is 12.1. The van der Waals surface area contributed by atoms with Gasteiger partial charge in [0.2, 0.25) is 11.8 Å². The molecule has 2 fully saturated rings. The zero-order valence-electron chi connectivity index (χ0n) is 12.0. The summed E-state index contributed by atoms with van der Waals surface area (Å²) in [6.45, 7) is 3.53. The minimum absolute atomic E-state index is 0.0403. The molecule has 6 heteroatoms. The van der Waals surface area contributed by atoms with Gasteiger partial charge in [-0.1, -0.05) is 6.42 Å². The van der Waals surface area contributed by atoms with Crippen LogP contribution in [0.15, 0.2) is 0 Å². The van der Waals surface area contributed by atoms with Crippen LogP contribution in [0.2, 0.25) is 0 Å². The normalized spacial score (nSPS) is 26.6. The first-order valence-electron chi connectivity index (χ1n) is 7.55. The lowest BCUT2D eigenvalue weighted by atomic mass is 9.95. The third-order valence-electron chi connectivity index (χ3n) is 4.30. The third kappa shape index (κ3) is 3.93. The first kappa shape index (κ1) is 15.3. The van der Waals surface area contributed by atoms with Crippen LogP contribution in [0.3, 0.4) is 0 Å². The first-order chi connectivity index (χ1) is 9.72. The highest BCUT2D eigenvalue weighted by Gasteiger charge is 2.31. The molecular weight excluding hydrogens is 258 g/mol. The van der Waals surface area contributed by atoms with Gasteiger partial charge in [-0.2, -0.15) is 0 Å². The Kier molecular flexibility index (Phi) is 5.79. The molecule has 1 saturated heterocycles. The van der Waals surface area contributed by atoms with Crippen molar-refractivity contribution in [3.63, 3.8) is 0 Å². The van der Waals surface area contributed by atoms with Crippen LogP contribution in [0.1, 0.15) is 25.7 Å². The number of rotatable bonds is 5. The van der Waals surface area contributed by atoms with E-state index in [9.17, 15) is 9.59 Å². The van der Waals surface area contributed by atoms with Gasteiger partial charge in [-0.25, -0.2) is 0 Å². The van der Waals surface area contributed by atoms with E-state index in [0.29, 0.717) is 51.7 Å². The van der Waals surface area contributed by atoms with Gasteiger partial charge >= 0.3 is 0 Å². The lowest BCUT2D eigenvalue weighted by Gasteiger charge is -2.27. The molecule has 1 heterocycles. The predicted molar refractivity (Wildman–Crippen MR) is 74.9 cm³/mol. The summed E-state index contributed by atoms with van der Waals surface area (Å²) in [5, 5.41) is 2.89. The van der Waals surface area contributed by atoms with Crippen LogP contribution in [-0.4, -0.2) is 56.1 Å². The van der Waals surface area contributed by atoms with Crippen molar-refractivity contribution in [1.82, 2.24) is 10.2 Å². The minimum atomic E-state index is 0.0403. The maximum absolute atomic E-state index is 12.1. The van der Waals surface area contributed by atoms with Crippen LogP contribution in [0, 0.1) is 11.8 Å². The molecule has 0 spiro atoms. The Balaban J connectivity index is 1.67. The number of hydrogen-bond acceptors (Lipinski definition) is 4. The van der Waals surface area contributed by atoms with E-state index in [1.807, 2.05) is 0 Å². The average Bonchev–Trinajstić information content (AvgIpc) is 2.96. The highest BCUT2D eigenvalue weighted by atomic mass is 16.5. The number of amides is 2. The van der Waals surface area contributed by atoms with Crippen molar-refractivity contribution in [3.8, 4) is 0 Å². The van der Waals surface area contributed by atoms with Crippen molar-refractivity contribution in [3.05, 3.63) is 0 Å². The van der Waals surface area contributed by atoms with E-state index in [4.69, 9.17) is 10.5 Å². The Morgan fingerprint density at radius 3 is 2.70 bits per heavy atom. The van der Waals surface area contributed by atoms with Crippen molar-refractivity contribution < 1.29 is 14.3 Å². The lowest BCUT2D eigenvalue weighted by Crippen LogP contribution is -2.42. The second-order valence-electron chi connectivity index (χ2n) is 5.57. The molecule has 0 radical (unpaired) electrons. The van der Waals surface area contributed by atoms with E-state index in [1.54, 1.807) is 4.90 Å². The summed E-state index contributed by atoms with van der Waals surface area (Å²) in [7, 11) is 0. The monoisotopic (exact) mass is 283 g/mol. The molecule has 3 N–H and O–H groups in total. The number of nitrogens with two attached hydrogens (primary N) is 1. The van der Waals surface area contributed by atoms with E-state index in [0.717, 1.165) is 19.3 Å². The van der Waals surface area contributed by atoms with Gasteiger partial charge in [0.15, 0.2) is 0 Å². The van der Waals surface area contributed by atoms with Crippen LogP contribution in [-0.2, 0) is 14.3 Å². The van der Waals surface area contributed by atoms with Crippen LogP contribution >= 0.6 is 0 Å². The molecule has 1 saturated carbocycles. The number of nitrogens with zero attached hydrogens (tertiary/aromatic N) is 1. The highest BCUT2D eigenvalue weighted by molar-refractivity contribution is 5.81. The summed E-state index contributed by atoms with van der Waals surface area (Å²) in [6.07, 6.45) is 3.41. The molecule has 1 aliphatic carbocycles. The number of carbonyl (C=O) groups excluding carboxylic acids is 2. The van der Waals surface area contributed by atoms with E-state index in [1.165, 1.54) is 0 Å². The van der Waals surface area contributed by atoms with Crippen molar-refractivity contribution in [1.29, 1.82) is 0 Å². The van der Waals surface area contributed by atoms with E-state index < -0.39 is 0 Å². The van der Waals surface area contributed by atoms with Crippen molar-refractivity contribution >= 4 is 11.8 Å². The fourth-order valence-corrected chi connectivity index (χ4v) is 3.06. The van der Waals surface area contributed by atoms with E-state index in [-0.39, 0.29) is 17.7 Å². The first-order valence-corrected chi connectivity index (χ1v) is 7.55. The van der Waals surface area contributed by atoms with Gasteiger partial charge in [-0.05, 0) is 25.3 Å². The number of carbonyl (C=O) groups is 2. The Labute approximate surface area is 120 Å². The van der Waals surface area contributed by atoms with Gasteiger partial charge in [0.1, 0.15) is 0 Å². The molecule has 20 heavy (non-hydrogen) atoms. The van der Waals surface area contributed by atoms with Crippen molar-refractivity contribution in [2.45, 2.75) is 25.7 Å². The Morgan fingerprint density at radius 1 is 1.25 bits per heavy atom. The molecule has 114 valence electrons. The minimum Gasteiger partial charge on any atom is -0.378 e. The topological polar surface area (TPSA) is 84.7 Å². The fourth-order valence-electron chi connectivity index (χ4n) is 3.06. The number of morpholine rings is 1. The fraction of sp³-hybridized carbons (Fsp3) is 0.857. The standard InChI is InChI=1S/C14H25N3O3/c15-10-11-2-1-3-12(11)14(19)16-5-4-13(18)17-6-8-20-9-7-17/h11-12H,1-10,15H2,(H,16,19)/t11-,12-/m1/s1. The van der Waals surface area contributed by atoms with Crippen LogP contribution < -0.4 is 11.1 Å². The predicted octanol–water partition coefficient (Wildman–Crippen LogP) is -0.273. The summed E-state index contributed by atoms with van der Waals surface area (Å²) in [5.41, 5.74) is 5.68. The Hall–Kier alpha value is -1.14. The van der Waals surface area contributed by atoms with Gasteiger partial charge in [0, 0.05) is 32.0 Å². The molecule has 2 amide bonds. The summed E-state index contributed by atoms with van der Waals surface area (Å²) in [6, 6.07) is 0. The average molecular weight is 283 g/mol. The molecule has 0 bridgehead atoms. The van der Waals surface area contributed by atoms with Crippen molar-refractivity contribution in [2.24, 2.45) is 17.6 Å². The zero-order chi connectivity index (χ0) is 14.4. The molecule has 1 aliphatic heterocycles. The SMILES string of the molecule is NC[C@H]1CCC[C@H]1C(=O)NCCC(=O)N1CCOCC1. The Morgan fingerprint density at radius 2 is 2.00 bits per heavy atom. The van der Waals surface area contributed by atoms with Crippen molar-refractivity contribution in [2.75, 3.05) is 39.4 Å². The van der Waals surface area contributed by atoms with Gasteiger partial charge < -0.3 is 20.7 Å². The second kappa shape index (κ2) is 7.59. The summed E-state index contributed by atoms with van der Waals surface area (Å²) < 4.78 is 5.21. The quantitative estimate of drug-likeness (QED) is 0.727. The molecule has 2 aliphatic rings. The van der Waals surface area contributed by atoms with Crippen LogP contribution in [0.4, 0.5) is 0 Å². The molecule has 0 aromatic heterocycles. The molecular formula is C14H25N3O3. The molecule has 0 aromatic rings. The van der Waals surface area contributed by atoms with Gasteiger partial charge in [-0.15, -0.1) is 0 Å². The van der Waals surface area contributed by atoms with E-state index in [2.05, 4.69) is 5.32 Å². The van der Waals surface area contributed by atoms with E-state index >= 15 is 0 Å². The molecule has 6 nitrogen and oxygen atoms in total. The van der Waals surface area contributed by atoms with Crippen LogP contribution in [0.25, 0.3) is 0 Å². The summed E-state index contributed by atoms with van der Waals surface area (Å²) in [4.78, 5) is 25.8. The molecule has 2 atom stereocenters. The zero-order valence-corrected chi connectivity index (χ0v) is 12.0. The summed E-state index contributed by atoms with van der Waals surface area (Å²) in [5.74, 6) is 0.506. The Bertz CT molecular complexity index is 343. The summed E-state index contributed by atoms with van der Waals surface area (Å²) >= 11 is 0. The third-order valence-corrected chi connectivity index (χ3v) is 4.30. The van der Waals surface area contributed by atoms with Crippen LogP contribution in [0.5, 0.6) is 0 Å².